The molecule has 0 N–H and O–H groups in total. The topological polar surface area (TPSA) is 12.5 Å². The molecule has 2 nitrogen and oxygen atoms in total. The first-order valence-corrected chi connectivity index (χ1v) is 7.98. The van der Waals surface area contributed by atoms with Crippen molar-refractivity contribution in [2.75, 3.05) is 13.2 Å². The van der Waals surface area contributed by atoms with Crippen LogP contribution < -0.4 is 4.74 Å². The van der Waals surface area contributed by atoms with Crippen LogP contribution in [0.5, 0.6) is 5.75 Å². The zero-order valence-corrected chi connectivity index (χ0v) is 12.1. The summed E-state index contributed by atoms with van der Waals surface area (Å²) < 4.78 is 5.80. The van der Waals surface area contributed by atoms with Crippen molar-refractivity contribution in [3.05, 3.63) is 64.2 Å². The molecule has 1 unspecified atom stereocenters. The molecule has 106 valence electrons. The van der Waals surface area contributed by atoms with Gasteiger partial charge in [0.15, 0.2) is 0 Å². The number of hydrogen-bond acceptors (Lipinski definition) is 2. The molecule has 0 saturated carbocycles. The number of fused-ring (bicyclic) bond motifs is 5. The molecule has 2 aromatic carbocycles. The third kappa shape index (κ3) is 1.75. The summed E-state index contributed by atoms with van der Waals surface area (Å²) in [5.41, 5.74) is 7.51. The maximum Gasteiger partial charge on any atom is 0.122 e. The van der Waals surface area contributed by atoms with Gasteiger partial charge < -0.3 is 4.74 Å². The molecule has 3 aliphatic heterocycles. The Morgan fingerprint density at radius 3 is 2.81 bits per heavy atom. The van der Waals surface area contributed by atoms with Crippen molar-refractivity contribution < 1.29 is 4.74 Å². The van der Waals surface area contributed by atoms with Crippen molar-refractivity contribution in [2.24, 2.45) is 0 Å². The van der Waals surface area contributed by atoms with E-state index in [1.54, 1.807) is 5.56 Å². The van der Waals surface area contributed by atoms with Crippen LogP contribution in [0.25, 0.3) is 0 Å². The van der Waals surface area contributed by atoms with Crippen LogP contribution in [0.3, 0.4) is 0 Å². The van der Waals surface area contributed by atoms with E-state index in [-0.39, 0.29) is 0 Å². The number of nitrogens with zero attached hydrogens (tertiary/aromatic N) is 1. The largest absolute Gasteiger partial charge is 0.493 e. The minimum atomic E-state index is 0.540. The maximum atomic E-state index is 5.80. The van der Waals surface area contributed by atoms with E-state index in [0.717, 1.165) is 31.7 Å². The highest BCUT2D eigenvalue weighted by Crippen LogP contribution is 2.41. The second-order valence-electron chi connectivity index (χ2n) is 6.47. The second kappa shape index (κ2) is 4.35. The smallest absolute Gasteiger partial charge is 0.122 e. The summed E-state index contributed by atoms with van der Waals surface area (Å²) in [6, 6.07) is 14.2. The number of ether oxygens (including phenoxy) is 1. The van der Waals surface area contributed by atoms with Crippen LogP contribution in [0.2, 0.25) is 0 Å². The van der Waals surface area contributed by atoms with Crippen molar-refractivity contribution in [3.63, 3.8) is 0 Å². The second-order valence-corrected chi connectivity index (χ2v) is 6.47. The van der Waals surface area contributed by atoms with Crippen LogP contribution in [-0.4, -0.2) is 18.1 Å². The van der Waals surface area contributed by atoms with E-state index < -0.39 is 0 Å². The van der Waals surface area contributed by atoms with Crippen molar-refractivity contribution in [2.45, 2.75) is 31.8 Å². The lowest BCUT2D eigenvalue weighted by molar-refractivity contribution is 0.160. The first-order chi connectivity index (χ1) is 10.4. The van der Waals surface area contributed by atoms with Crippen LogP contribution in [-0.2, 0) is 25.8 Å². The molecule has 21 heavy (non-hydrogen) atoms. The maximum absolute atomic E-state index is 5.80. The molecule has 5 rings (SSSR count). The predicted octanol–water partition coefficient (Wildman–Crippen LogP) is 3.28. The molecule has 0 fully saturated rings. The lowest BCUT2D eigenvalue weighted by atomic mass is 9.83. The van der Waals surface area contributed by atoms with Crippen LogP contribution in [0.1, 0.15) is 33.9 Å². The molecule has 2 aromatic rings. The third-order valence-electron chi connectivity index (χ3n) is 5.32. The summed E-state index contributed by atoms with van der Waals surface area (Å²) >= 11 is 0. The molecule has 0 bridgehead atoms. The van der Waals surface area contributed by atoms with E-state index in [2.05, 4.69) is 41.3 Å². The molecular weight excluding hydrogens is 258 g/mol. The van der Waals surface area contributed by atoms with Gasteiger partial charge in [0.05, 0.1) is 6.61 Å². The standard InChI is InChI=1S/C19H19NO/c1-2-4-16-12-20-7-5-14-9-15-6-8-21-19(15)11-17(14)18(20)10-13(16)3-1/h1-4,9,11,18H,5-8,10,12H2. The Bertz CT molecular complexity index is 722. The Balaban J connectivity index is 1.60. The third-order valence-corrected chi connectivity index (χ3v) is 5.32. The highest BCUT2D eigenvalue weighted by molar-refractivity contribution is 5.48. The quantitative estimate of drug-likeness (QED) is 0.733. The fourth-order valence-corrected chi connectivity index (χ4v) is 4.20. The first-order valence-electron chi connectivity index (χ1n) is 7.98. The average molecular weight is 277 g/mol. The summed E-state index contributed by atoms with van der Waals surface area (Å²) in [6.45, 7) is 3.14. The minimum Gasteiger partial charge on any atom is -0.493 e. The number of hydrogen-bond donors (Lipinski definition) is 0. The van der Waals surface area contributed by atoms with Crippen molar-refractivity contribution in [3.8, 4) is 5.75 Å². The molecule has 0 saturated heterocycles. The van der Waals surface area contributed by atoms with E-state index in [0.29, 0.717) is 6.04 Å². The van der Waals surface area contributed by atoms with E-state index in [9.17, 15) is 0 Å². The molecule has 3 heterocycles. The molecule has 1 atom stereocenters. The highest BCUT2D eigenvalue weighted by atomic mass is 16.5. The van der Waals surface area contributed by atoms with E-state index in [4.69, 9.17) is 4.74 Å². The van der Waals surface area contributed by atoms with E-state index in [1.165, 1.54) is 35.2 Å². The zero-order chi connectivity index (χ0) is 13.8. The van der Waals surface area contributed by atoms with Crippen molar-refractivity contribution in [1.82, 2.24) is 4.90 Å². The Morgan fingerprint density at radius 1 is 0.952 bits per heavy atom. The molecule has 0 aliphatic carbocycles. The Kier molecular flexibility index (Phi) is 2.45. The van der Waals surface area contributed by atoms with Gasteiger partial charge in [0, 0.05) is 25.6 Å². The van der Waals surface area contributed by atoms with Gasteiger partial charge in [-0.15, -0.1) is 0 Å². The van der Waals surface area contributed by atoms with E-state index in [1.807, 2.05) is 0 Å². The fraction of sp³-hybridized carbons (Fsp3) is 0.368. The number of rotatable bonds is 0. The van der Waals surface area contributed by atoms with Crippen LogP contribution >= 0.6 is 0 Å². The van der Waals surface area contributed by atoms with Crippen molar-refractivity contribution >= 4 is 0 Å². The van der Waals surface area contributed by atoms with Crippen LogP contribution in [0.4, 0.5) is 0 Å². The van der Waals surface area contributed by atoms with Crippen LogP contribution in [0.15, 0.2) is 36.4 Å². The van der Waals surface area contributed by atoms with Gasteiger partial charge in [0.25, 0.3) is 0 Å². The molecule has 0 aromatic heterocycles. The molecule has 3 aliphatic rings. The molecule has 0 amide bonds. The summed E-state index contributed by atoms with van der Waals surface area (Å²) in [5, 5.41) is 0. The fourth-order valence-electron chi connectivity index (χ4n) is 4.20. The van der Waals surface area contributed by atoms with Crippen molar-refractivity contribution in [1.29, 1.82) is 0 Å². The monoisotopic (exact) mass is 277 g/mol. The summed E-state index contributed by atoms with van der Waals surface area (Å²) in [4.78, 5) is 2.64. The Hall–Kier alpha value is -1.80. The van der Waals surface area contributed by atoms with Crippen LogP contribution in [0, 0.1) is 0 Å². The number of benzene rings is 2. The van der Waals surface area contributed by atoms with Gasteiger partial charge in [-0.05, 0) is 46.7 Å². The van der Waals surface area contributed by atoms with Gasteiger partial charge in [-0.2, -0.15) is 0 Å². The van der Waals surface area contributed by atoms with Gasteiger partial charge in [0.1, 0.15) is 5.75 Å². The Morgan fingerprint density at radius 2 is 1.86 bits per heavy atom. The van der Waals surface area contributed by atoms with Gasteiger partial charge in [-0.25, -0.2) is 0 Å². The summed E-state index contributed by atoms with van der Waals surface area (Å²) in [6.07, 6.45) is 3.41. The normalized spacial score (nSPS) is 22.8. The predicted molar refractivity (Wildman–Crippen MR) is 82.6 cm³/mol. The summed E-state index contributed by atoms with van der Waals surface area (Å²) in [7, 11) is 0. The lowest BCUT2D eigenvalue weighted by Crippen LogP contribution is -2.39. The Labute approximate surface area is 125 Å². The van der Waals surface area contributed by atoms with Gasteiger partial charge in [0.2, 0.25) is 0 Å². The summed E-state index contributed by atoms with van der Waals surface area (Å²) in [5.74, 6) is 1.13. The van der Waals surface area contributed by atoms with Gasteiger partial charge in [-0.3, -0.25) is 4.90 Å². The minimum absolute atomic E-state index is 0.540. The molecule has 0 radical (unpaired) electrons. The first kappa shape index (κ1) is 11.8. The zero-order valence-electron chi connectivity index (χ0n) is 12.1. The lowest BCUT2D eigenvalue weighted by Gasteiger charge is -2.41. The SMILES string of the molecule is c1ccc2c(c1)CC1c3cc4c(cc3CCN1C2)CCO4. The van der Waals surface area contributed by atoms with E-state index >= 15 is 0 Å². The average Bonchev–Trinajstić information content (AvgIpc) is 2.98. The van der Waals surface area contributed by atoms with Gasteiger partial charge >= 0.3 is 0 Å². The molecule has 0 spiro atoms. The molecular formula is C19H19NO. The highest BCUT2D eigenvalue weighted by Gasteiger charge is 2.33. The molecule has 2 heteroatoms. The van der Waals surface area contributed by atoms with Gasteiger partial charge in [-0.1, -0.05) is 30.3 Å².